The van der Waals surface area contributed by atoms with Gasteiger partial charge in [-0.1, -0.05) is 0 Å². The van der Waals surface area contributed by atoms with Crippen molar-refractivity contribution in [2.24, 2.45) is 0 Å². The molecule has 0 aliphatic carbocycles. The molecule has 0 aliphatic heterocycles. The molecule has 108 valence electrons. The van der Waals surface area contributed by atoms with Crippen LogP contribution in [0.3, 0.4) is 0 Å². The van der Waals surface area contributed by atoms with E-state index in [4.69, 9.17) is 5.73 Å². The Morgan fingerprint density at radius 3 is 3.05 bits per heavy atom. The number of anilines is 2. The highest BCUT2D eigenvalue weighted by molar-refractivity contribution is 9.10. The molecule has 3 rings (SSSR count). The van der Waals surface area contributed by atoms with Crippen LogP contribution in [0.15, 0.2) is 47.3 Å². The second kappa shape index (κ2) is 5.73. The maximum Gasteiger partial charge on any atom is 0.0954 e. The molecular formula is C15H16BrN5. The largest absolute Gasteiger partial charge is 0.398 e. The highest BCUT2D eigenvalue weighted by Gasteiger charge is 2.09. The molecule has 2 heterocycles. The normalized spacial score (nSPS) is 12.5. The summed E-state index contributed by atoms with van der Waals surface area (Å²) in [5.74, 6) is 0. The van der Waals surface area contributed by atoms with E-state index in [9.17, 15) is 0 Å². The molecule has 1 unspecified atom stereocenters. The summed E-state index contributed by atoms with van der Waals surface area (Å²) in [5, 5.41) is 8.64. The first-order valence-electron chi connectivity index (χ1n) is 6.71. The average molecular weight is 346 g/mol. The molecule has 21 heavy (non-hydrogen) atoms. The standard InChI is InChI=1S/C15H16BrN5/c1-10(9-21-6-2-5-19-21)20-14-4-3-13(17)12-7-11(16)8-18-15(12)14/h2-8,10,20H,9,17H2,1H3. The van der Waals surface area contributed by atoms with Crippen molar-refractivity contribution >= 4 is 38.2 Å². The van der Waals surface area contributed by atoms with Gasteiger partial charge in [-0.25, -0.2) is 0 Å². The van der Waals surface area contributed by atoms with Gasteiger partial charge in [-0.15, -0.1) is 0 Å². The van der Waals surface area contributed by atoms with Crippen LogP contribution in [0, 0.1) is 0 Å². The number of nitrogens with zero attached hydrogens (tertiary/aromatic N) is 3. The molecule has 0 fully saturated rings. The second-order valence-corrected chi connectivity index (χ2v) is 5.94. The average Bonchev–Trinajstić information content (AvgIpc) is 2.95. The van der Waals surface area contributed by atoms with E-state index >= 15 is 0 Å². The second-order valence-electron chi connectivity index (χ2n) is 5.03. The van der Waals surface area contributed by atoms with Crippen molar-refractivity contribution in [2.75, 3.05) is 11.1 Å². The van der Waals surface area contributed by atoms with Crippen molar-refractivity contribution in [1.82, 2.24) is 14.8 Å². The monoisotopic (exact) mass is 345 g/mol. The Labute approximate surface area is 131 Å². The SMILES string of the molecule is CC(Cn1cccn1)Nc1ccc(N)c2cc(Br)cnc12. The predicted molar refractivity (Wildman–Crippen MR) is 89.2 cm³/mol. The summed E-state index contributed by atoms with van der Waals surface area (Å²) in [4.78, 5) is 4.48. The number of hydrogen-bond donors (Lipinski definition) is 2. The van der Waals surface area contributed by atoms with Gasteiger partial charge in [0.05, 0.1) is 17.7 Å². The van der Waals surface area contributed by atoms with Crippen LogP contribution in [-0.2, 0) is 6.54 Å². The van der Waals surface area contributed by atoms with Crippen molar-refractivity contribution in [3.63, 3.8) is 0 Å². The van der Waals surface area contributed by atoms with Crippen LogP contribution in [0.4, 0.5) is 11.4 Å². The molecule has 0 aliphatic rings. The number of benzene rings is 1. The molecule has 3 aromatic rings. The highest BCUT2D eigenvalue weighted by atomic mass is 79.9. The third-order valence-electron chi connectivity index (χ3n) is 3.27. The van der Waals surface area contributed by atoms with Gasteiger partial charge < -0.3 is 11.1 Å². The first kappa shape index (κ1) is 13.9. The van der Waals surface area contributed by atoms with E-state index in [2.05, 4.69) is 38.3 Å². The Morgan fingerprint density at radius 1 is 1.43 bits per heavy atom. The van der Waals surface area contributed by atoms with Gasteiger partial charge in [-0.05, 0) is 47.1 Å². The van der Waals surface area contributed by atoms with E-state index in [1.165, 1.54) is 0 Å². The predicted octanol–water partition coefficient (Wildman–Crippen LogP) is 3.28. The molecule has 5 nitrogen and oxygen atoms in total. The zero-order valence-electron chi connectivity index (χ0n) is 11.6. The summed E-state index contributed by atoms with van der Waals surface area (Å²) >= 11 is 3.43. The van der Waals surface area contributed by atoms with Crippen molar-refractivity contribution in [1.29, 1.82) is 0 Å². The minimum Gasteiger partial charge on any atom is -0.398 e. The van der Waals surface area contributed by atoms with Crippen molar-refractivity contribution in [3.8, 4) is 0 Å². The third-order valence-corrected chi connectivity index (χ3v) is 3.71. The summed E-state index contributed by atoms with van der Waals surface area (Å²) in [6.07, 6.45) is 5.52. The smallest absolute Gasteiger partial charge is 0.0954 e. The summed E-state index contributed by atoms with van der Waals surface area (Å²) in [6.45, 7) is 2.90. The lowest BCUT2D eigenvalue weighted by molar-refractivity contribution is 0.561. The zero-order chi connectivity index (χ0) is 14.8. The molecule has 6 heteroatoms. The molecule has 0 saturated heterocycles. The zero-order valence-corrected chi connectivity index (χ0v) is 13.2. The highest BCUT2D eigenvalue weighted by Crippen LogP contribution is 2.29. The number of hydrogen-bond acceptors (Lipinski definition) is 4. The fraction of sp³-hybridized carbons (Fsp3) is 0.200. The summed E-state index contributed by atoms with van der Waals surface area (Å²) in [5.41, 5.74) is 8.62. The fourth-order valence-electron chi connectivity index (χ4n) is 2.33. The van der Waals surface area contributed by atoms with E-state index in [-0.39, 0.29) is 6.04 Å². The molecule has 0 saturated carbocycles. The Kier molecular flexibility index (Phi) is 3.79. The number of nitrogens with two attached hydrogens (primary N) is 1. The van der Waals surface area contributed by atoms with Crippen LogP contribution in [0.5, 0.6) is 0 Å². The molecule has 1 atom stereocenters. The number of rotatable bonds is 4. The fourth-order valence-corrected chi connectivity index (χ4v) is 2.66. The van der Waals surface area contributed by atoms with E-state index in [0.29, 0.717) is 0 Å². The number of pyridine rings is 1. The van der Waals surface area contributed by atoms with Crippen LogP contribution in [0.1, 0.15) is 6.92 Å². The summed E-state index contributed by atoms with van der Waals surface area (Å²) < 4.78 is 2.82. The maximum atomic E-state index is 6.03. The van der Waals surface area contributed by atoms with Crippen molar-refractivity contribution < 1.29 is 0 Å². The Bertz CT molecular complexity index is 754. The molecule has 2 aromatic heterocycles. The van der Waals surface area contributed by atoms with Crippen LogP contribution < -0.4 is 11.1 Å². The molecule has 0 spiro atoms. The number of halogens is 1. The number of aromatic nitrogens is 3. The Morgan fingerprint density at radius 2 is 2.29 bits per heavy atom. The Balaban J connectivity index is 1.88. The van der Waals surface area contributed by atoms with Crippen molar-refractivity contribution in [2.45, 2.75) is 19.5 Å². The summed E-state index contributed by atoms with van der Waals surface area (Å²) in [7, 11) is 0. The van der Waals surface area contributed by atoms with Crippen LogP contribution in [0.2, 0.25) is 0 Å². The molecular weight excluding hydrogens is 330 g/mol. The van der Waals surface area contributed by atoms with E-state index < -0.39 is 0 Å². The van der Waals surface area contributed by atoms with E-state index in [0.717, 1.165) is 33.3 Å². The van der Waals surface area contributed by atoms with Crippen LogP contribution in [0.25, 0.3) is 10.9 Å². The molecule has 0 bridgehead atoms. The van der Waals surface area contributed by atoms with Crippen molar-refractivity contribution in [3.05, 3.63) is 47.3 Å². The van der Waals surface area contributed by atoms with Gasteiger partial charge in [0.2, 0.25) is 0 Å². The van der Waals surface area contributed by atoms with Gasteiger partial charge >= 0.3 is 0 Å². The van der Waals surface area contributed by atoms with Gasteiger partial charge in [0.25, 0.3) is 0 Å². The van der Waals surface area contributed by atoms with E-state index in [1.807, 2.05) is 35.1 Å². The lowest BCUT2D eigenvalue weighted by Crippen LogP contribution is -2.22. The topological polar surface area (TPSA) is 68.8 Å². The minimum atomic E-state index is 0.224. The molecule has 3 N–H and O–H groups in total. The third kappa shape index (κ3) is 3.00. The van der Waals surface area contributed by atoms with Gasteiger partial charge in [0, 0.05) is 40.2 Å². The quantitative estimate of drug-likeness (QED) is 0.712. The lowest BCUT2D eigenvalue weighted by Gasteiger charge is -2.17. The summed E-state index contributed by atoms with van der Waals surface area (Å²) in [6, 6.07) is 8.00. The van der Waals surface area contributed by atoms with Gasteiger partial charge in [0.15, 0.2) is 0 Å². The molecule has 1 aromatic carbocycles. The van der Waals surface area contributed by atoms with Gasteiger partial charge in [0.1, 0.15) is 0 Å². The Hall–Kier alpha value is -2.08. The molecule has 0 amide bonds. The first-order valence-corrected chi connectivity index (χ1v) is 7.50. The van der Waals surface area contributed by atoms with Gasteiger partial charge in [-0.3, -0.25) is 9.67 Å². The van der Waals surface area contributed by atoms with Gasteiger partial charge in [-0.2, -0.15) is 5.10 Å². The number of fused-ring (bicyclic) bond motifs is 1. The van der Waals surface area contributed by atoms with Crippen LogP contribution in [-0.4, -0.2) is 20.8 Å². The maximum absolute atomic E-state index is 6.03. The molecule has 0 radical (unpaired) electrons. The minimum absolute atomic E-state index is 0.224. The van der Waals surface area contributed by atoms with E-state index in [1.54, 1.807) is 12.4 Å². The lowest BCUT2D eigenvalue weighted by atomic mass is 10.1. The van der Waals surface area contributed by atoms with Crippen LogP contribution >= 0.6 is 15.9 Å². The number of nitrogen functional groups attached to an aromatic ring is 1. The number of nitrogens with one attached hydrogen (secondary N) is 1. The first-order chi connectivity index (χ1) is 10.1.